The molecule has 2 aromatic heterocycles. The lowest BCUT2D eigenvalue weighted by atomic mass is 10.2. The SMILES string of the molecule is COc1ccc(OC)c(NC(=S)Nc2cnn(Cn3nnc4ccccc43)c2)c1. The van der Waals surface area contributed by atoms with E-state index in [2.05, 4.69) is 26.0 Å². The van der Waals surface area contributed by atoms with Crippen molar-refractivity contribution in [3.05, 3.63) is 54.9 Å². The van der Waals surface area contributed by atoms with Gasteiger partial charge in [-0.15, -0.1) is 5.10 Å². The molecule has 0 bridgehead atoms. The molecule has 0 radical (unpaired) electrons. The quantitative estimate of drug-likeness (QED) is 0.470. The summed E-state index contributed by atoms with van der Waals surface area (Å²) in [6.45, 7) is 0.437. The first-order valence-electron chi connectivity index (χ1n) is 8.77. The Morgan fingerprint density at radius 2 is 1.97 bits per heavy atom. The second-order valence-electron chi connectivity index (χ2n) is 6.13. The average molecular weight is 409 g/mol. The maximum absolute atomic E-state index is 5.41. The van der Waals surface area contributed by atoms with Crippen molar-refractivity contribution in [1.82, 2.24) is 24.8 Å². The van der Waals surface area contributed by atoms with Gasteiger partial charge in [0.1, 0.15) is 23.7 Å². The Kier molecular flexibility index (Phi) is 5.25. The highest BCUT2D eigenvalue weighted by atomic mass is 32.1. The van der Waals surface area contributed by atoms with E-state index in [1.807, 2.05) is 48.7 Å². The molecule has 2 aromatic carbocycles. The molecule has 10 heteroatoms. The van der Waals surface area contributed by atoms with Gasteiger partial charge in [0.2, 0.25) is 0 Å². The normalized spacial score (nSPS) is 10.7. The molecule has 148 valence electrons. The highest BCUT2D eigenvalue weighted by Crippen LogP contribution is 2.29. The van der Waals surface area contributed by atoms with Gasteiger partial charge >= 0.3 is 0 Å². The zero-order valence-electron chi connectivity index (χ0n) is 15.9. The Bertz CT molecular complexity index is 1150. The van der Waals surface area contributed by atoms with Gasteiger partial charge in [0.25, 0.3) is 0 Å². The van der Waals surface area contributed by atoms with Crippen LogP contribution >= 0.6 is 12.2 Å². The van der Waals surface area contributed by atoms with Crippen molar-refractivity contribution < 1.29 is 9.47 Å². The molecule has 0 spiro atoms. The van der Waals surface area contributed by atoms with Crippen LogP contribution in [0.3, 0.4) is 0 Å². The molecule has 0 unspecified atom stereocenters. The van der Waals surface area contributed by atoms with Crippen LogP contribution in [0.4, 0.5) is 11.4 Å². The van der Waals surface area contributed by atoms with Crippen molar-refractivity contribution >= 4 is 39.7 Å². The van der Waals surface area contributed by atoms with Gasteiger partial charge < -0.3 is 20.1 Å². The van der Waals surface area contributed by atoms with Crippen LogP contribution in [0.5, 0.6) is 11.5 Å². The molecule has 0 amide bonds. The predicted molar refractivity (Wildman–Crippen MR) is 115 cm³/mol. The molecule has 0 fully saturated rings. The van der Waals surface area contributed by atoms with Gasteiger partial charge in [0, 0.05) is 6.07 Å². The Hall–Kier alpha value is -3.66. The van der Waals surface area contributed by atoms with Gasteiger partial charge in [-0.2, -0.15) is 5.10 Å². The fourth-order valence-corrected chi connectivity index (χ4v) is 3.09. The van der Waals surface area contributed by atoms with E-state index in [0.717, 1.165) is 16.7 Å². The molecule has 0 saturated heterocycles. The fourth-order valence-electron chi connectivity index (χ4n) is 2.86. The van der Waals surface area contributed by atoms with E-state index < -0.39 is 0 Å². The average Bonchev–Trinajstić information content (AvgIpc) is 3.35. The Balaban J connectivity index is 1.43. The predicted octanol–water partition coefficient (Wildman–Crippen LogP) is 2.96. The Morgan fingerprint density at radius 3 is 2.79 bits per heavy atom. The first-order chi connectivity index (χ1) is 14.2. The van der Waals surface area contributed by atoms with Crippen LogP contribution in [0.2, 0.25) is 0 Å². The van der Waals surface area contributed by atoms with Crippen LogP contribution in [0.1, 0.15) is 0 Å². The summed E-state index contributed by atoms with van der Waals surface area (Å²) in [7, 11) is 3.20. The maximum atomic E-state index is 5.41. The molecule has 9 nitrogen and oxygen atoms in total. The molecule has 0 atom stereocenters. The number of para-hydroxylation sites is 1. The third-order valence-electron chi connectivity index (χ3n) is 4.25. The van der Waals surface area contributed by atoms with Crippen LogP contribution in [0, 0.1) is 0 Å². The molecule has 29 heavy (non-hydrogen) atoms. The van der Waals surface area contributed by atoms with Crippen LogP contribution < -0.4 is 20.1 Å². The number of hydrogen-bond acceptors (Lipinski definition) is 6. The molecule has 2 heterocycles. The van der Waals surface area contributed by atoms with Crippen molar-refractivity contribution in [3.8, 4) is 11.5 Å². The summed E-state index contributed by atoms with van der Waals surface area (Å²) in [5.74, 6) is 1.35. The molecule has 0 aliphatic carbocycles. The topological polar surface area (TPSA) is 91.1 Å². The van der Waals surface area contributed by atoms with Crippen molar-refractivity contribution in [2.75, 3.05) is 24.9 Å². The zero-order chi connectivity index (χ0) is 20.2. The van der Waals surface area contributed by atoms with E-state index in [0.29, 0.717) is 29.0 Å². The summed E-state index contributed by atoms with van der Waals surface area (Å²) >= 11 is 5.41. The van der Waals surface area contributed by atoms with E-state index in [1.54, 1.807) is 29.8 Å². The molecule has 4 aromatic rings. The summed E-state index contributed by atoms with van der Waals surface area (Å²) < 4.78 is 14.1. The summed E-state index contributed by atoms with van der Waals surface area (Å²) in [4.78, 5) is 0. The minimum atomic E-state index is 0.405. The molecule has 2 N–H and O–H groups in total. The van der Waals surface area contributed by atoms with Gasteiger partial charge in [-0.3, -0.25) is 0 Å². The third kappa shape index (κ3) is 4.11. The summed E-state index contributed by atoms with van der Waals surface area (Å²) in [6.07, 6.45) is 3.53. The zero-order valence-corrected chi connectivity index (χ0v) is 16.7. The fraction of sp³-hybridized carbons (Fsp3) is 0.158. The van der Waals surface area contributed by atoms with E-state index >= 15 is 0 Å². The molecule has 0 aliphatic heterocycles. The number of nitrogens with zero attached hydrogens (tertiary/aromatic N) is 5. The Labute approximate surface area is 172 Å². The van der Waals surface area contributed by atoms with Crippen LogP contribution in [-0.2, 0) is 6.67 Å². The van der Waals surface area contributed by atoms with Crippen LogP contribution in [-0.4, -0.2) is 44.1 Å². The smallest absolute Gasteiger partial charge is 0.175 e. The number of thiocarbonyl (C=S) groups is 1. The summed E-state index contributed by atoms with van der Waals surface area (Å²) in [5.41, 5.74) is 3.23. The van der Waals surface area contributed by atoms with E-state index in [1.165, 1.54) is 0 Å². The summed E-state index contributed by atoms with van der Waals surface area (Å²) in [6, 6.07) is 13.2. The number of benzene rings is 2. The van der Waals surface area contributed by atoms with Crippen molar-refractivity contribution in [1.29, 1.82) is 0 Å². The van der Waals surface area contributed by atoms with Gasteiger partial charge in [-0.1, -0.05) is 17.3 Å². The van der Waals surface area contributed by atoms with Gasteiger partial charge in [-0.25, -0.2) is 9.36 Å². The highest BCUT2D eigenvalue weighted by molar-refractivity contribution is 7.80. The number of methoxy groups -OCH3 is 2. The molecule has 0 saturated carbocycles. The third-order valence-corrected chi connectivity index (χ3v) is 4.45. The van der Waals surface area contributed by atoms with Crippen molar-refractivity contribution in [2.45, 2.75) is 6.67 Å². The standard InChI is InChI=1S/C19H19N7O2S/c1-27-14-7-8-18(28-2)16(9-14)22-19(29)21-13-10-20-25(11-13)12-26-17-6-4-3-5-15(17)23-24-26/h3-11H,12H2,1-2H3,(H2,21,22,29). The first kappa shape index (κ1) is 18.7. The van der Waals surface area contributed by atoms with Crippen LogP contribution in [0.15, 0.2) is 54.9 Å². The maximum Gasteiger partial charge on any atom is 0.175 e. The van der Waals surface area contributed by atoms with Crippen molar-refractivity contribution in [2.24, 2.45) is 0 Å². The number of hydrogen-bond donors (Lipinski definition) is 2. The second-order valence-corrected chi connectivity index (χ2v) is 6.54. The van der Waals surface area contributed by atoms with Gasteiger partial charge in [0.05, 0.1) is 43.5 Å². The van der Waals surface area contributed by atoms with Gasteiger partial charge in [-0.05, 0) is 36.5 Å². The summed E-state index contributed by atoms with van der Waals surface area (Å²) in [5, 5.41) is 19.3. The van der Waals surface area contributed by atoms with Gasteiger partial charge in [0.15, 0.2) is 5.11 Å². The molecule has 4 rings (SSSR count). The minimum absolute atomic E-state index is 0.405. The minimum Gasteiger partial charge on any atom is -0.497 e. The lowest BCUT2D eigenvalue weighted by Gasteiger charge is -2.13. The number of nitrogens with one attached hydrogen (secondary N) is 2. The number of rotatable bonds is 6. The largest absolute Gasteiger partial charge is 0.497 e. The second kappa shape index (κ2) is 8.15. The van der Waals surface area contributed by atoms with E-state index in [9.17, 15) is 0 Å². The lowest BCUT2D eigenvalue weighted by molar-refractivity contribution is 0.405. The number of fused-ring (bicyclic) bond motifs is 1. The van der Waals surface area contributed by atoms with Crippen LogP contribution in [0.25, 0.3) is 11.0 Å². The van der Waals surface area contributed by atoms with E-state index in [-0.39, 0.29) is 0 Å². The monoisotopic (exact) mass is 409 g/mol. The number of anilines is 2. The first-order valence-corrected chi connectivity index (χ1v) is 9.18. The molecular formula is C19H19N7O2S. The Morgan fingerprint density at radius 1 is 1.10 bits per heavy atom. The van der Waals surface area contributed by atoms with E-state index in [4.69, 9.17) is 21.7 Å². The van der Waals surface area contributed by atoms with Crippen molar-refractivity contribution in [3.63, 3.8) is 0 Å². The number of aromatic nitrogens is 5. The molecule has 0 aliphatic rings. The lowest BCUT2D eigenvalue weighted by Crippen LogP contribution is -2.19. The molecular weight excluding hydrogens is 390 g/mol. The number of ether oxygens (including phenoxy) is 2. The highest BCUT2D eigenvalue weighted by Gasteiger charge is 2.09.